The standard InChI is InChI=1S/C13H21NOS2/c1-16-9-12-5-4-11(15-12)8-14-10-3-6-13(7-10)17-2/h4-5,10,13-14H,3,6-9H2,1-2H3. The van der Waals surface area contributed by atoms with Crippen LogP contribution in [-0.2, 0) is 12.3 Å². The van der Waals surface area contributed by atoms with Crippen molar-refractivity contribution in [3.63, 3.8) is 0 Å². The van der Waals surface area contributed by atoms with Crippen LogP contribution in [0.5, 0.6) is 0 Å². The fourth-order valence-corrected chi connectivity index (χ4v) is 3.56. The maximum absolute atomic E-state index is 5.75. The fourth-order valence-electron chi connectivity index (χ4n) is 2.32. The molecule has 1 fully saturated rings. The fraction of sp³-hybridized carbons (Fsp3) is 0.692. The molecule has 0 amide bonds. The molecule has 2 nitrogen and oxygen atoms in total. The Morgan fingerprint density at radius 1 is 1.29 bits per heavy atom. The van der Waals surface area contributed by atoms with Gasteiger partial charge in [0.15, 0.2) is 0 Å². The normalized spacial score (nSPS) is 24.4. The average molecular weight is 271 g/mol. The minimum atomic E-state index is 0.682. The van der Waals surface area contributed by atoms with Gasteiger partial charge >= 0.3 is 0 Å². The molecule has 1 aliphatic rings. The van der Waals surface area contributed by atoms with Gasteiger partial charge in [0.1, 0.15) is 11.5 Å². The van der Waals surface area contributed by atoms with Crippen molar-refractivity contribution < 1.29 is 4.42 Å². The highest BCUT2D eigenvalue weighted by Crippen LogP contribution is 2.28. The maximum Gasteiger partial charge on any atom is 0.118 e. The van der Waals surface area contributed by atoms with Crippen molar-refractivity contribution in [1.82, 2.24) is 5.32 Å². The Morgan fingerprint density at radius 2 is 2.12 bits per heavy atom. The highest BCUT2D eigenvalue weighted by Gasteiger charge is 2.23. The van der Waals surface area contributed by atoms with Gasteiger partial charge in [-0.3, -0.25) is 0 Å². The lowest BCUT2D eigenvalue weighted by molar-refractivity contribution is 0.432. The first-order chi connectivity index (χ1) is 8.31. The molecule has 0 spiro atoms. The third-order valence-corrected chi connectivity index (χ3v) is 4.95. The Balaban J connectivity index is 1.74. The van der Waals surface area contributed by atoms with Crippen LogP contribution in [0.1, 0.15) is 30.8 Å². The van der Waals surface area contributed by atoms with Crippen molar-refractivity contribution in [2.75, 3.05) is 12.5 Å². The summed E-state index contributed by atoms with van der Waals surface area (Å²) >= 11 is 3.80. The van der Waals surface area contributed by atoms with Crippen molar-refractivity contribution >= 4 is 23.5 Å². The maximum atomic E-state index is 5.75. The molecule has 1 aromatic rings. The van der Waals surface area contributed by atoms with Gasteiger partial charge in [-0.1, -0.05) is 0 Å². The number of hydrogen-bond acceptors (Lipinski definition) is 4. The van der Waals surface area contributed by atoms with Crippen LogP contribution in [0.4, 0.5) is 0 Å². The smallest absolute Gasteiger partial charge is 0.118 e. The van der Waals surface area contributed by atoms with E-state index in [1.165, 1.54) is 19.3 Å². The molecular formula is C13H21NOS2. The summed E-state index contributed by atoms with van der Waals surface area (Å²) < 4.78 is 5.75. The monoisotopic (exact) mass is 271 g/mol. The third kappa shape index (κ3) is 3.97. The highest BCUT2D eigenvalue weighted by molar-refractivity contribution is 7.99. The van der Waals surface area contributed by atoms with Crippen LogP contribution in [0, 0.1) is 0 Å². The number of rotatable bonds is 6. The van der Waals surface area contributed by atoms with Gasteiger partial charge in [-0.05, 0) is 43.9 Å². The van der Waals surface area contributed by atoms with E-state index in [4.69, 9.17) is 4.42 Å². The van der Waals surface area contributed by atoms with Crippen LogP contribution in [0.2, 0.25) is 0 Å². The zero-order valence-electron chi connectivity index (χ0n) is 10.6. The van der Waals surface area contributed by atoms with Crippen molar-refractivity contribution in [2.24, 2.45) is 0 Å². The second-order valence-corrected chi connectivity index (χ2v) is 6.55. The molecule has 17 heavy (non-hydrogen) atoms. The van der Waals surface area contributed by atoms with Crippen LogP contribution in [0.25, 0.3) is 0 Å². The molecule has 0 radical (unpaired) electrons. The largest absolute Gasteiger partial charge is 0.464 e. The van der Waals surface area contributed by atoms with E-state index in [9.17, 15) is 0 Å². The van der Waals surface area contributed by atoms with E-state index >= 15 is 0 Å². The Hall–Kier alpha value is -0.0600. The van der Waals surface area contributed by atoms with Gasteiger partial charge in [-0.15, -0.1) is 0 Å². The summed E-state index contributed by atoms with van der Waals surface area (Å²) in [6.45, 7) is 0.875. The zero-order valence-corrected chi connectivity index (χ0v) is 12.2. The Labute approximate surface area is 112 Å². The molecule has 0 bridgehead atoms. The lowest BCUT2D eigenvalue weighted by Gasteiger charge is -2.11. The molecule has 96 valence electrons. The Morgan fingerprint density at radius 3 is 2.82 bits per heavy atom. The third-order valence-electron chi connectivity index (χ3n) is 3.29. The van der Waals surface area contributed by atoms with E-state index < -0.39 is 0 Å². The summed E-state index contributed by atoms with van der Waals surface area (Å²) in [4.78, 5) is 0. The second kappa shape index (κ2) is 6.76. The molecule has 1 N–H and O–H groups in total. The lowest BCUT2D eigenvalue weighted by Crippen LogP contribution is -2.25. The molecule has 2 rings (SSSR count). The van der Waals surface area contributed by atoms with Crippen molar-refractivity contribution in [2.45, 2.75) is 42.9 Å². The quantitative estimate of drug-likeness (QED) is 0.856. The molecule has 1 heterocycles. The van der Waals surface area contributed by atoms with E-state index in [0.29, 0.717) is 6.04 Å². The minimum Gasteiger partial charge on any atom is -0.464 e. The van der Waals surface area contributed by atoms with Crippen molar-refractivity contribution in [1.29, 1.82) is 0 Å². The Bertz CT molecular complexity index is 340. The summed E-state index contributed by atoms with van der Waals surface area (Å²) in [5, 5.41) is 4.46. The summed E-state index contributed by atoms with van der Waals surface area (Å²) in [6, 6.07) is 4.87. The van der Waals surface area contributed by atoms with Gasteiger partial charge < -0.3 is 9.73 Å². The van der Waals surface area contributed by atoms with E-state index in [1.54, 1.807) is 11.8 Å². The molecule has 4 heteroatoms. The number of thioether (sulfide) groups is 2. The van der Waals surface area contributed by atoms with E-state index in [2.05, 4.69) is 30.0 Å². The van der Waals surface area contributed by atoms with Gasteiger partial charge in [-0.2, -0.15) is 23.5 Å². The molecule has 0 saturated heterocycles. The first-order valence-electron chi connectivity index (χ1n) is 6.14. The zero-order chi connectivity index (χ0) is 12.1. The molecule has 0 aromatic carbocycles. The van der Waals surface area contributed by atoms with E-state index in [0.717, 1.165) is 29.1 Å². The minimum absolute atomic E-state index is 0.682. The first kappa shape index (κ1) is 13.4. The number of furan rings is 1. The molecule has 2 atom stereocenters. The first-order valence-corrected chi connectivity index (χ1v) is 8.82. The molecule has 1 aromatic heterocycles. The number of nitrogens with one attached hydrogen (secondary N) is 1. The van der Waals surface area contributed by atoms with E-state index in [1.807, 2.05) is 11.8 Å². The van der Waals surface area contributed by atoms with E-state index in [-0.39, 0.29) is 0 Å². The van der Waals surface area contributed by atoms with Gasteiger partial charge in [-0.25, -0.2) is 0 Å². The SMILES string of the molecule is CSCc1ccc(CNC2CCC(SC)C2)o1. The van der Waals surface area contributed by atoms with Gasteiger partial charge in [0.2, 0.25) is 0 Å². The lowest BCUT2D eigenvalue weighted by atomic mass is 10.2. The van der Waals surface area contributed by atoms with Crippen LogP contribution < -0.4 is 5.32 Å². The molecule has 1 aliphatic carbocycles. The van der Waals surface area contributed by atoms with Gasteiger partial charge in [0, 0.05) is 11.3 Å². The highest BCUT2D eigenvalue weighted by atomic mass is 32.2. The summed E-state index contributed by atoms with van der Waals surface area (Å²) in [5.41, 5.74) is 0. The number of hydrogen-bond donors (Lipinski definition) is 1. The summed E-state index contributed by atoms with van der Waals surface area (Å²) in [5.74, 6) is 3.13. The predicted molar refractivity (Wildman–Crippen MR) is 77.7 cm³/mol. The van der Waals surface area contributed by atoms with Crippen LogP contribution >= 0.6 is 23.5 Å². The van der Waals surface area contributed by atoms with Crippen LogP contribution in [-0.4, -0.2) is 23.8 Å². The van der Waals surface area contributed by atoms with Crippen molar-refractivity contribution in [3.05, 3.63) is 23.7 Å². The van der Waals surface area contributed by atoms with Gasteiger partial charge in [0.05, 0.1) is 12.3 Å². The van der Waals surface area contributed by atoms with Crippen LogP contribution in [0.3, 0.4) is 0 Å². The average Bonchev–Trinajstić information content (AvgIpc) is 2.95. The van der Waals surface area contributed by atoms with Crippen molar-refractivity contribution in [3.8, 4) is 0 Å². The van der Waals surface area contributed by atoms with Crippen LogP contribution in [0.15, 0.2) is 16.5 Å². The topological polar surface area (TPSA) is 25.2 Å². The summed E-state index contributed by atoms with van der Waals surface area (Å²) in [7, 11) is 0. The Kier molecular flexibility index (Phi) is 5.32. The molecular weight excluding hydrogens is 250 g/mol. The molecule has 2 unspecified atom stereocenters. The molecule has 0 aliphatic heterocycles. The summed E-state index contributed by atoms with van der Waals surface area (Å²) in [6.07, 6.45) is 8.29. The second-order valence-electron chi connectivity index (χ2n) is 4.55. The predicted octanol–water partition coefficient (Wildman–Crippen LogP) is 3.52. The molecule has 1 saturated carbocycles. The van der Waals surface area contributed by atoms with Gasteiger partial charge in [0.25, 0.3) is 0 Å².